The van der Waals surface area contributed by atoms with Gasteiger partial charge in [-0.15, -0.1) is 0 Å². The van der Waals surface area contributed by atoms with E-state index in [-0.39, 0.29) is 17.9 Å². The molecule has 6 nitrogen and oxygen atoms in total. The van der Waals surface area contributed by atoms with Gasteiger partial charge in [0, 0.05) is 17.7 Å². The van der Waals surface area contributed by atoms with Gasteiger partial charge in [-0.25, -0.2) is 4.68 Å². The first-order valence-electron chi connectivity index (χ1n) is 9.99. The number of esters is 1. The minimum Gasteiger partial charge on any atom is -0.469 e. The third-order valence-electron chi connectivity index (χ3n) is 5.27. The number of aromatic nitrogens is 2. The van der Waals surface area contributed by atoms with E-state index in [1.54, 1.807) is 12.1 Å². The van der Waals surface area contributed by atoms with Gasteiger partial charge in [-0.2, -0.15) is 5.10 Å². The van der Waals surface area contributed by atoms with E-state index in [4.69, 9.17) is 4.74 Å². The van der Waals surface area contributed by atoms with Crippen LogP contribution < -0.4 is 5.32 Å². The summed E-state index contributed by atoms with van der Waals surface area (Å²) in [5.41, 5.74) is 5.42. The predicted molar refractivity (Wildman–Crippen MR) is 116 cm³/mol. The van der Waals surface area contributed by atoms with Gasteiger partial charge in [0.1, 0.15) is 0 Å². The highest BCUT2D eigenvalue weighted by atomic mass is 16.5. The molecule has 0 radical (unpaired) electrons. The Kier molecular flexibility index (Phi) is 6.67. The van der Waals surface area contributed by atoms with Gasteiger partial charge in [-0.05, 0) is 62.6 Å². The summed E-state index contributed by atoms with van der Waals surface area (Å²) in [6.07, 6.45) is 0.908. The zero-order valence-electron chi connectivity index (χ0n) is 17.8. The van der Waals surface area contributed by atoms with E-state index < -0.39 is 0 Å². The Morgan fingerprint density at radius 1 is 1.07 bits per heavy atom. The molecule has 3 rings (SSSR count). The third-order valence-corrected chi connectivity index (χ3v) is 5.27. The molecule has 1 amide bonds. The molecule has 0 aliphatic rings. The zero-order chi connectivity index (χ0) is 21.7. The van der Waals surface area contributed by atoms with E-state index in [0.717, 1.165) is 28.2 Å². The Hall–Kier alpha value is -3.41. The van der Waals surface area contributed by atoms with Crippen molar-refractivity contribution in [2.24, 2.45) is 0 Å². The molecular weight excluding hydrogens is 378 g/mol. The highest BCUT2D eigenvalue weighted by Crippen LogP contribution is 2.20. The second-order valence-corrected chi connectivity index (χ2v) is 7.29. The quantitative estimate of drug-likeness (QED) is 0.601. The van der Waals surface area contributed by atoms with Crippen LogP contribution in [0.2, 0.25) is 0 Å². The minimum absolute atomic E-state index is 0.0771. The Morgan fingerprint density at radius 2 is 1.73 bits per heavy atom. The number of rotatable bonds is 7. The van der Waals surface area contributed by atoms with E-state index in [2.05, 4.69) is 10.4 Å². The van der Waals surface area contributed by atoms with Gasteiger partial charge in [0.2, 0.25) is 0 Å². The van der Waals surface area contributed by atoms with E-state index in [9.17, 15) is 9.59 Å². The van der Waals surface area contributed by atoms with Crippen molar-refractivity contribution in [2.75, 3.05) is 7.11 Å². The summed E-state index contributed by atoms with van der Waals surface area (Å²) in [5.74, 6) is -0.355. The molecule has 156 valence electrons. The number of nitrogens with zero attached hydrogens (tertiary/aromatic N) is 2. The van der Waals surface area contributed by atoms with Gasteiger partial charge < -0.3 is 10.1 Å². The largest absolute Gasteiger partial charge is 0.469 e. The first kappa shape index (κ1) is 21.3. The first-order valence-corrected chi connectivity index (χ1v) is 9.99. The maximum atomic E-state index is 12.6. The Labute approximate surface area is 176 Å². The van der Waals surface area contributed by atoms with Crippen LogP contribution in [0.25, 0.3) is 5.69 Å². The lowest BCUT2D eigenvalue weighted by atomic mass is 10.1. The topological polar surface area (TPSA) is 73.2 Å². The van der Waals surface area contributed by atoms with Gasteiger partial charge in [0.05, 0.1) is 24.5 Å². The molecule has 1 heterocycles. The van der Waals surface area contributed by atoms with Crippen molar-refractivity contribution in [3.8, 4) is 5.69 Å². The molecule has 0 fully saturated rings. The standard InChI is InChI=1S/C24H27N3O3/c1-16(19-8-6-5-7-9-19)25-24(29)20-10-12-21(13-11-20)27-18(3)22(17(2)26-27)14-15-23(28)30-4/h5-13,16H,14-15H2,1-4H3,(H,25,29)/t16-/m1/s1. The van der Waals surface area contributed by atoms with E-state index in [0.29, 0.717) is 18.4 Å². The Bertz CT molecular complexity index is 1020. The van der Waals surface area contributed by atoms with Crippen LogP contribution in [-0.4, -0.2) is 28.8 Å². The van der Waals surface area contributed by atoms with Crippen molar-refractivity contribution >= 4 is 11.9 Å². The van der Waals surface area contributed by atoms with Gasteiger partial charge in [0.25, 0.3) is 5.91 Å². The summed E-state index contributed by atoms with van der Waals surface area (Å²) < 4.78 is 6.57. The van der Waals surface area contributed by atoms with Crippen LogP contribution in [0.1, 0.15) is 52.3 Å². The molecule has 6 heteroatoms. The van der Waals surface area contributed by atoms with Gasteiger partial charge >= 0.3 is 5.97 Å². The van der Waals surface area contributed by atoms with Crippen molar-refractivity contribution < 1.29 is 14.3 Å². The molecule has 1 aromatic heterocycles. The number of methoxy groups -OCH3 is 1. The zero-order valence-corrected chi connectivity index (χ0v) is 17.8. The minimum atomic E-state index is -0.235. The van der Waals surface area contributed by atoms with E-state index >= 15 is 0 Å². The van der Waals surface area contributed by atoms with Crippen LogP contribution in [0.15, 0.2) is 54.6 Å². The lowest BCUT2D eigenvalue weighted by Crippen LogP contribution is -2.26. The average molecular weight is 405 g/mol. The van der Waals surface area contributed by atoms with Crippen LogP contribution in [0.5, 0.6) is 0 Å². The molecule has 0 unspecified atom stereocenters. The number of benzene rings is 2. The summed E-state index contributed by atoms with van der Waals surface area (Å²) in [6, 6.07) is 17.1. The fraction of sp³-hybridized carbons (Fsp3) is 0.292. The summed E-state index contributed by atoms with van der Waals surface area (Å²) in [6.45, 7) is 5.88. The number of carbonyl (C=O) groups is 2. The number of nitrogens with one attached hydrogen (secondary N) is 1. The lowest BCUT2D eigenvalue weighted by molar-refractivity contribution is -0.140. The van der Waals surface area contributed by atoms with Crippen molar-refractivity contribution in [2.45, 2.75) is 39.7 Å². The van der Waals surface area contributed by atoms with Crippen molar-refractivity contribution in [1.82, 2.24) is 15.1 Å². The second-order valence-electron chi connectivity index (χ2n) is 7.29. The Morgan fingerprint density at radius 3 is 2.37 bits per heavy atom. The smallest absolute Gasteiger partial charge is 0.305 e. The highest BCUT2D eigenvalue weighted by Gasteiger charge is 2.15. The summed E-state index contributed by atoms with van der Waals surface area (Å²) in [4.78, 5) is 24.1. The van der Waals surface area contributed by atoms with Crippen molar-refractivity contribution in [3.05, 3.63) is 82.7 Å². The highest BCUT2D eigenvalue weighted by molar-refractivity contribution is 5.94. The molecule has 1 atom stereocenters. The molecule has 0 aliphatic carbocycles. The van der Waals surface area contributed by atoms with Crippen LogP contribution in [0.4, 0.5) is 0 Å². The van der Waals surface area contributed by atoms with Crippen molar-refractivity contribution in [1.29, 1.82) is 0 Å². The van der Waals surface area contributed by atoms with E-state index in [1.165, 1.54) is 7.11 Å². The monoisotopic (exact) mass is 405 g/mol. The average Bonchev–Trinajstić information content (AvgIpc) is 3.06. The maximum Gasteiger partial charge on any atom is 0.305 e. The number of aryl methyl sites for hydroxylation is 1. The number of ether oxygens (including phenoxy) is 1. The molecule has 0 aliphatic heterocycles. The molecular formula is C24H27N3O3. The summed E-state index contributed by atoms with van der Waals surface area (Å²) in [7, 11) is 1.39. The van der Waals surface area contributed by atoms with Crippen LogP contribution in [0.3, 0.4) is 0 Å². The van der Waals surface area contributed by atoms with Crippen LogP contribution >= 0.6 is 0 Å². The van der Waals surface area contributed by atoms with Gasteiger partial charge in [0.15, 0.2) is 0 Å². The summed E-state index contributed by atoms with van der Waals surface area (Å²) in [5, 5.41) is 7.63. The normalized spacial score (nSPS) is 11.7. The SMILES string of the molecule is COC(=O)CCc1c(C)nn(-c2ccc(C(=O)N[C@H](C)c3ccccc3)cc2)c1C. The molecule has 2 aromatic carbocycles. The molecule has 0 bridgehead atoms. The number of hydrogen-bond acceptors (Lipinski definition) is 4. The first-order chi connectivity index (χ1) is 14.4. The molecule has 30 heavy (non-hydrogen) atoms. The van der Waals surface area contributed by atoms with E-state index in [1.807, 2.05) is 67.9 Å². The second kappa shape index (κ2) is 9.39. The summed E-state index contributed by atoms with van der Waals surface area (Å²) >= 11 is 0. The molecule has 0 saturated heterocycles. The molecule has 3 aromatic rings. The molecule has 1 N–H and O–H groups in total. The maximum absolute atomic E-state index is 12.6. The van der Waals surface area contributed by atoms with Gasteiger partial charge in [-0.3, -0.25) is 9.59 Å². The fourth-order valence-electron chi connectivity index (χ4n) is 3.48. The number of carbonyl (C=O) groups excluding carboxylic acids is 2. The van der Waals surface area contributed by atoms with Gasteiger partial charge in [-0.1, -0.05) is 30.3 Å². The molecule has 0 spiro atoms. The lowest BCUT2D eigenvalue weighted by Gasteiger charge is -2.14. The predicted octanol–water partition coefficient (Wildman–Crippen LogP) is 4.09. The number of hydrogen-bond donors (Lipinski definition) is 1. The van der Waals surface area contributed by atoms with Crippen molar-refractivity contribution in [3.63, 3.8) is 0 Å². The third kappa shape index (κ3) is 4.76. The fourth-order valence-corrected chi connectivity index (χ4v) is 3.48. The van der Waals surface area contributed by atoms with Crippen LogP contribution in [0, 0.1) is 13.8 Å². The Balaban J connectivity index is 1.72. The van der Waals surface area contributed by atoms with Crippen LogP contribution in [-0.2, 0) is 16.0 Å². The number of amides is 1. The molecule has 0 saturated carbocycles.